The van der Waals surface area contributed by atoms with Gasteiger partial charge in [0.2, 0.25) is 0 Å². The van der Waals surface area contributed by atoms with Gasteiger partial charge >= 0.3 is 5.97 Å². The highest BCUT2D eigenvalue weighted by Gasteiger charge is 2.22. The highest BCUT2D eigenvalue weighted by atomic mass is 16.4. The van der Waals surface area contributed by atoms with Crippen molar-refractivity contribution in [1.29, 1.82) is 0 Å². The van der Waals surface area contributed by atoms with Crippen molar-refractivity contribution in [3.8, 4) is 0 Å². The number of benzene rings is 1. The van der Waals surface area contributed by atoms with Gasteiger partial charge in [0.05, 0.1) is 11.3 Å². The first-order valence-electron chi connectivity index (χ1n) is 6.66. The number of aromatic carboxylic acids is 1. The molecule has 18 heavy (non-hydrogen) atoms. The van der Waals surface area contributed by atoms with Crippen LogP contribution in [0.5, 0.6) is 0 Å². The maximum atomic E-state index is 11.3. The second-order valence-electron chi connectivity index (χ2n) is 5.23. The average molecular weight is 247 g/mol. The van der Waals surface area contributed by atoms with Gasteiger partial charge in [0, 0.05) is 13.1 Å². The number of anilines is 1. The minimum Gasteiger partial charge on any atom is -0.478 e. The lowest BCUT2D eigenvalue weighted by Gasteiger charge is -2.33. The first-order chi connectivity index (χ1) is 8.59. The summed E-state index contributed by atoms with van der Waals surface area (Å²) in [7, 11) is 2.02. The van der Waals surface area contributed by atoms with E-state index >= 15 is 0 Å². The van der Waals surface area contributed by atoms with Crippen LogP contribution < -0.4 is 4.90 Å². The van der Waals surface area contributed by atoms with Crippen molar-refractivity contribution in [2.75, 3.05) is 11.9 Å². The van der Waals surface area contributed by atoms with Gasteiger partial charge in [-0.05, 0) is 31.9 Å². The Morgan fingerprint density at radius 3 is 2.56 bits per heavy atom. The van der Waals surface area contributed by atoms with Crippen LogP contribution in [0, 0.1) is 6.92 Å². The van der Waals surface area contributed by atoms with Crippen LogP contribution in [0.2, 0.25) is 0 Å². The summed E-state index contributed by atoms with van der Waals surface area (Å²) >= 11 is 0. The van der Waals surface area contributed by atoms with E-state index in [9.17, 15) is 9.90 Å². The molecule has 2 rings (SSSR count). The molecule has 1 aliphatic carbocycles. The lowest BCUT2D eigenvalue weighted by atomic mass is 9.93. The number of carboxylic acid groups (broad SMARTS) is 1. The Hall–Kier alpha value is -1.51. The Morgan fingerprint density at radius 1 is 1.28 bits per heavy atom. The van der Waals surface area contributed by atoms with Crippen molar-refractivity contribution >= 4 is 11.7 Å². The maximum absolute atomic E-state index is 11.3. The molecule has 0 atom stereocenters. The summed E-state index contributed by atoms with van der Waals surface area (Å²) in [6, 6.07) is 6.17. The first kappa shape index (κ1) is 12.9. The molecule has 1 aliphatic rings. The SMILES string of the molecule is Cc1ccc(N(C)C2CCCCC2)c(C(=O)O)c1. The molecule has 1 saturated carbocycles. The fourth-order valence-electron chi connectivity index (χ4n) is 2.79. The zero-order chi connectivity index (χ0) is 13.1. The summed E-state index contributed by atoms with van der Waals surface area (Å²) < 4.78 is 0. The third-order valence-corrected chi connectivity index (χ3v) is 3.88. The standard InChI is InChI=1S/C15H21NO2/c1-11-8-9-14(13(10-11)15(17)18)16(2)12-6-4-3-5-7-12/h8-10,12H,3-7H2,1-2H3,(H,17,18). The summed E-state index contributed by atoms with van der Waals surface area (Å²) in [6.45, 7) is 1.93. The summed E-state index contributed by atoms with van der Waals surface area (Å²) in [6.07, 6.45) is 6.16. The van der Waals surface area contributed by atoms with E-state index in [1.807, 2.05) is 26.1 Å². The normalized spacial score (nSPS) is 16.6. The molecule has 0 unspecified atom stereocenters. The fraction of sp³-hybridized carbons (Fsp3) is 0.533. The lowest BCUT2D eigenvalue weighted by molar-refractivity contribution is 0.0697. The smallest absolute Gasteiger partial charge is 0.337 e. The molecule has 1 N–H and O–H groups in total. The highest BCUT2D eigenvalue weighted by molar-refractivity contribution is 5.94. The maximum Gasteiger partial charge on any atom is 0.337 e. The molecule has 98 valence electrons. The van der Waals surface area contributed by atoms with E-state index in [0.29, 0.717) is 11.6 Å². The van der Waals surface area contributed by atoms with Gasteiger partial charge in [0.25, 0.3) is 0 Å². The molecule has 3 heteroatoms. The van der Waals surface area contributed by atoms with Crippen LogP contribution in [0.3, 0.4) is 0 Å². The third kappa shape index (κ3) is 2.66. The molecule has 0 bridgehead atoms. The van der Waals surface area contributed by atoms with Crippen molar-refractivity contribution < 1.29 is 9.90 Å². The van der Waals surface area contributed by atoms with Crippen LogP contribution >= 0.6 is 0 Å². The van der Waals surface area contributed by atoms with E-state index in [-0.39, 0.29) is 0 Å². The topological polar surface area (TPSA) is 40.5 Å². The molecule has 1 fully saturated rings. The number of carbonyl (C=O) groups is 1. The molecule has 1 aromatic rings. The van der Waals surface area contributed by atoms with Gasteiger partial charge in [-0.2, -0.15) is 0 Å². The van der Waals surface area contributed by atoms with E-state index in [0.717, 1.165) is 11.3 Å². The largest absolute Gasteiger partial charge is 0.478 e. The molecule has 0 heterocycles. The molecule has 0 aliphatic heterocycles. The van der Waals surface area contributed by atoms with Crippen LogP contribution in [0.4, 0.5) is 5.69 Å². The fourth-order valence-corrected chi connectivity index (χ4v) is 2.79. The van der Waals surface area contributed by atoms with Crippen LogP contribution in [-0.2, 0) is 0 Å². The van der Waals surface area contributed by atoms with Gasteiger partial charge in [0.1, 0.15) is 0 Å². The van der Waals surface area contributed by atoms with Crippen LogP contribution in [0.15, 0.2) is 18.2 Å². The average Bonchev–Trinajstić information content (AvgIpc) is 2.39. The van der Waals surface area contributed by atoms with Gasteiger partial charge in [0.15, 0.2) is 0 Å². The number of nitrogens with zero attached hydrogens (tertiary/aromatic N) is 1. The lowest BCUT2D eigenvalue weighted by Crippen LogP contribution is -2.34. The van der Waals surface area contributed by atoms with Crippen molar-refractivity contribution in [2.24, 2.45) is 0 Å². The summed E-state index contributed by atoms with van der Waals surface area (Å²) in [4.78, 5) is 13.5. The van der Waals surface area contributed by atoms with E-state index in [2.05, 4.69) is 4.90 Å². The van der Waals surface area contributed by atoms with Crippen molar-refractivity contribution in [3.05, 3.63) is 29.3 Å². The van der Waals surface area contributed by atoms with Gasteiger partial charge in [-0.1, -0.05) is 30.9 Å². The van der Waals surface area contributed by atoms with Gasteiger partial charge in [-0.3, -0.25) is 0 Å². The van der Waals surface area contributed by atoms with E-state index < -0.39 is 5.97 Å². The molecule has 3 nitrogen and oxygen atoms in total. The second-order valence-corrected chi connectivity index (χ2v) is 5.23. The van der Waals surface area contributed by atoms with Crippen LogP contribution in [0.25, 0.3) is 0 Å². The first-order valence-corrected chi connectivity index (χ1v) is 6.66. The number of aryl methyl sites for hydroxylation is 1. The Labute approximate surface area is 108 Å². The van der Waals surface area contributed by atoms with E-state index in [1.165, 1.54) is 32.1 Å². The quantitative estimate of drug-likeness (QED) is 0.889. The van der Waals surface area contributed by atoms with Crippen molar-refractivity contribution in [3.63, 3.8) is 0 Å². The summed E-state index contributed by atoms with van der Waals surface area (Å²) in [5.41, 5.74) is 2.26. The predicted molar refractivity (Wildman–Crippen MR) is 73.4 cm³/mol. The molecule has 1 aromatic carbocycles. The Bertz CT molecular complexity index is 436. The monoisotopic (exact) mass is 247 g/mol. The zero-order valence-electron chi connectivity index (χ0n) is 11.1. The van der Waals surface area contributed by atoms with Crippen molar-refractivity contribution in [2.45, 2.75) is 45.1 Å². The van der Waals surface area contributed by atoms with Gasteiger partial charge in [-0.15, -0.1) is 0 Å². The Balaban J connectivity index is 2.28. The number of hydrogen-bond donors (Lipinski definition) is 1. The molecule has 0 amide bonds. The molecule has 0 saturated heterocycles. The third-order valence-electron chi connectivity index (χ3n) is 3.88. The summed E-state index contributed by atoms with van der Waals surface area (Å²) in [5.74, 6) is -0.837. The minimum atomic E-state index is -0.837. The molecule has 0 spiro atoms. The van der Waals surface area contributed by atoms with Crippen molar-refractivity contribution in [1.82, 2.24) is 0 Å². The molecule has 0 radical (unpaired) electrons. The highest BCUT2D eigenvalue weighted by Crippen LogP contribution is 2.29. The zero-order valence-corrected chi connectivity index (χ0v) is 11.1. The Kier molecular flexibility index (Phi) is 3.90. The molecular weight excluding hydrogens is 226 g/mol. The van der Waals surface area contributed by atoms with E-state index in [4.69, 9.17) is 0 Å². The van der Waals surface area contributed by atoms with Crippen LogP contribution in [0.1, 0.15) is 48.0 Å². The number of hydrogen-bond acceptors (Lipinski definition) is 2. The van der Waals surface area contributed by atoms with Gasteiger partial charge in [-0.25, -0.2) is 4.79 Å². The number of carboxylic acids is 1. The van der Waals surface area contributed by atoms with E-state index in [1.54, 1.807) is 6.07 Å². The Morgan fingerprint density at radius 2 is 1.94 bits per heavy atom. The summed E-state index contributed by atoms with van der Waals surface area (Å²) in [5, 5.41) is 9.31. The number of rotatable bonds is 3. The minimum absolute atomic E-state index is 0.420. The molecule has 0 aromatic heterocycles. The van der Waals surface area contributed by atoms with Gasteiger partial charge < -0.3 is 10.0 Å². The van der Waals surface area contributed by atoms with Crippen LogP contribution in [-0.4, -0.2) is 24.2 Å². The predicted octanol–water partition coefficient (Wildman–Crippen LogP) is 3.46. The second kappa shape index (κ2) is 5.42. The molecular formula is C15H21NO2.